The van der Waals surface area contributed by atoms with Crippen LogP contribution in [0.1, 0.15) is 40.0 Å². The molecule has 2 N–H and O–H groups in total. The van der Waals surface area contributed by atoms with Crippen molar-refractivity contribution >= 4 is 17.9 Å². The van der Waals surface area contributed by atoms with Crippen LogP contribution in [0.5, 0.6) is 0 Å². The molecule has 0 aliphatic heterocycles. The molecule has 104 valence electrons. The molecule has 0 bridgehead atoms. The van der Waals surface area contributed by atoms with Gasteiger partial charge in [0.25, 0.3) is 0 Å². The van der Waals surface area contributed by atoms with Crippen molar-refractivity contribution in [2.45, 2.75) is 46.1 Å². The van der Waals surface area contributed by atoms with Crippen LogP contribution >= 0.6 is 0 Å². The van der Waals surface area contributed by atoms with E-state index in [1.807, 2.05) is 0 Å². The molecule has 0 spiro atoms. The molecule has 0 saturated carbocycles. The average Bonchev–Trinajstić information content (AvgIpc) is 2.27. The lowest BCUT2D eigenvalue weighted by atomic mass is 9.99. The summed E-state index contributed by atoms with van der Waals surface area (Å²) in [5.74, 6) is -3.47. The number of aliphatic carboxylic acids is 2. The Morgan fingerprint density at radius 3 is 1.89 bits per heavy atom. The Kier molecular flexibility index (Phi) is 7.00. The molecule has 0 saturated heterocycles. The normalized spacial score (nSPS) is 15.5. The van der Waals surface area contributed by atoms with E-state index < -0.39 is 35.8 Å². The molecule has 0 aromatic rings. The van der Waals surface area contributed by atoms with Gasteiger partial charge in [-0.05, 0) is 19.8 Å². The SMILES string of the molecule is CC(CCCC(C)C(=O)OC(C)C(=O)O)C(=O)O. The summed E-state index contributed by atoms with van der Waals surface area (Å²) in [7, 11) is 0. The lowest BCUT2D eigenvalue weighted by Crippen LogP contribution is -2.27. The van der Waals surface area contributed by atoms with E-state index in [-0.39, 0.29) is 0 Å². The fourth-order valence-electron chi connectivity index (χ4n) is 1.31. The van der Waals surface area contributed by atoms with E-state index in [1.54, 1.807) is 13.8 Å². The fourth-order valence-corrected chi connectivity index (χ4v) is 1.31. The predicted octanol–water partition coefficient (Wildman–Crippen LogP) is 1.53. The first kappa shape index (κ1) is 16.4. The van der Waals surface area contributed by atoms with Gasteiger partial charge in [-0.2, -0.15) is 0 Å². The molecule has 0 heterocycles. The second kappa shape index (κ2) is 7.68. The average molecular weight is 260 g/mol. The van der Waals surface area contributed by atoms with Crippen molar-refractivity contribution in [3.63, 3.8) is 0 Å². The minimum absolute atomic E-state index is 0.423. The molecule has 0 rings (SSSR count). The zero-order valence-corrected chi connectivity index (χ0v) is 10.9. The third kappa shape index (κ3) is 6.22. The van der Waals surface area contributed by atoms with Crippen molar-refractivity contribution < 1.29 is 29.3 Å². The van der Waals surface area contributed by atoms with Crippen LogP contribution in [0.2, 0.25) is 0 Å². The number of rotatable bonds is 8. The van der Waals surface area contributed by atoms with Crippen LogP contribution in [0, 0.1) is 11.8 Å². The largest absolute Gasteiger partial charge is 0.481 e. The number of hydrogen-bond donors (Lipinski definition) is 2. The first-order valence-corrected chi connectivity index (χ1v) is 5.91. The number of carboxylic acids is 2. The minimum atomic E-state index is -1.19. The lowest BCUT2D eigenvalue weighted by Gasteiger charge is -2.14. The summed E-state index contributed by atoms with van der Waals surface area (Å²) < 4.78 is 4.72. The maximum atomic E-state index is 11.5. The number of esters is 1. The van der Waals surface area contributed by atoms with E-state index in [1.165, 1.54) is 6.92 Å². The van der Waals surface area contributed by atoms with Crippen molar-refractivity contribution in [3.8, 4) is 0 Å². The predicted molar refractivity (Wildman–Crippen MR) is 63.0 cm³/mol. The summed E-state index contributed by atoms with van der Waals surface area (Å²) in [5, 5.41) is 17.3. The van der Waals surface area contributed by atoms with E-state index in [9.17, 15) is 14.4 Å². The Hall–Kier alpha value is -1.59. The number of carbonyl (C=O) groups excluding carboxylic acids is 1. The summed E-state index contributed by atoms with van der Waals surface area (Å²) in [5.41, 5.74) is 0. The second-order valence-electron chi connectivity index (χ2n) is 4.49. The Morgan fingerprint density at radius 2 is 1.44 bits per heavy atom. The maximum absolute atomic E-state index is 11.5. The quantitative estimate of drug-likeness (QED) is 0.642. The number of ether oxygens (including phenoxy) is 1. The molecule has 0 amide bonds. The topological polar surface area (TPSA) is 101 Å². The first-order chi connectivity index (χ1) is 8.25. The van der Waals surface area contributed by atoms with Gasteiger partial charge in [0.15, 0.2) is 6.10 Å². The Balaban J connectivity index is 3.95. The fraction of sp³-hybridized carbons (Fsp3) is 0.750. The number of carbonyl (C=O) groups is 3. The second-order valence-corrected chi connectivity index (χ2v) is 4.49. The van der Waals surface area contributed by atoms with Gasteiger partial charge < -0.3 is 14.9 Å². The van der Waals surface area contributed by atoms with Crippen LogP contribution in [-0.2, 0) is 19.1 Å². The highest BCUT2D eigenvalue weighted by Gasteiger charge is 2.21. The van der Waals surface area contributed by atoms with E-state index in [0.29, 0.717) is 19.3 Å². The van der Waals surface area contributed by atoms with Crippen LogP contribution in [0.25, 0.3) is 0 Å². The molecule has 0 radical (unpaired) electrons. The van der Waals surface area contributed by atoms with Gasteiger partial charge in [-0.3, -0.25) is 9.59 Å². The van der Waals surface area contributed by atoms with Crippen LogP contribution in [0.15, 0.2) is 0 Å². The van der Waals surface area contributed by atoms with Crippen molar-refractivity contribution in [1.82, 2.24) is 0 Å². The molecular weight excluding hydrogens is 240 g/mol. The van der Waals surface area contributed by atoms with Gasteiger partial charge in [0.1, 0.15) is 0 Å². The van der Waals surface area contributed by atoms with Gasteiger partial charge in [-0.25, -0.2) is 4.79 Å². The van der Waals surface area contributed by atoms with Gasteiger partial charge in [-0.15, -0.1) is 0 Å². The standard InChI is InChI=1S/C12H20O6/c1-7(10(13)14)5-4-6-8(2)12(17)18-9(3)11(15)16/h7-9H,4-6H2,1-3H3,(H,13,14)(H,15,16). The van der Waals surface area contributed by atoms with Crippen molar-refractivity contribution in [1.29, 1.82) is 0 Å². The Morgan fingerprint density at radius 1 is 0.944 bits per heavy atom. The third-order valence-corrected chi connectivity index (χ3v) is 2.74. The zero-order chi connectivity index (χ0) is 14.3. The zero-order valence-electron chi connectivity index (χ0n) is 10.9. The first-order valence-electron chi connectivity index (χ1n) is 5.91. The molecule has 0 aromatic carbocycles. The Labute approximate surface area is 106 Å². The van der Waals surface area contributed by atoms with E-state index in [0.717, 1.165) is 0 Å². The highest BCUT2D eigenvalue weighted by molar-refractivity contribution is 5.78. The molecule has 6 nitrogen and oxygen atoms in total. The van der Waals surface area contributed by atoms with Crippen LogP contribution in [0.4, 0.5) is 0 Å². The number of hydrogen-bond acceptors (Lipinski definition) is 4. The van der Waals surface area contributed by atoms with Gasteiger partial charge in [0, 0.05) is 0 Å². The Bertz CT molecular complexity index is 312. The molecule has 0 fully saturated rings. The molecule has 6 heteroatoms. The van der Waals surface area contributed by atoms with Gasteiger partial charge in [0.2, 0.25) is 0 Å². The van der Waals surface area contributed by atoms with E-state index in [2.05, 4.69) is 0 Å². The highest BCUT2D eigenvalue weighted by atomic mass is 16.6. The monoisotopic (exact) mass is 260 g/mol. The molecule has 0 aliphatic rings. The lowest BCUT2D eigenvalue weighted by molar-refractivity contribution is -0.165. The minimum Gasteiger partial charge on any atom is -0.481 e. The summed E-state index contributed by atoms with van der Waals surface area (Å²) in [6.45, 7) is 4.54. The molecule has 3 atom stereocenters. The van der Waals surface area contributed by atoms with Crippen LogP contribution in [0.3, 0.4) is 0 Å². The van der Waals surface area contributed by atoms with E-state index >= 15 is 0 Å². The molecule has 18 heavy (non-hydrogen) atoms. The van der Waals surface area contributed by atoms with E-state index in [4.69, 9.17) is 14.9 Å². The van der Waals surface area contributed by atoms with Crippen LogP contribution in [-0.4, -0.2) is 34.2 Å². The summed E-state index contributed by atoms with van der Waals surface area (Å²) in [6.07, 6.45) is 0.410. The maximum Gasteiger partial charge on any atom is 0.344 e. The highest BCUT2D eigenvalue weighted by Crippen LogP contribution is 2.15. The smallest absolute Gasteiger partial charge is 0.344 e. The van der Waals surface area contributed by atoms with Crippen molar-refractivity contribution in [2.75, 3.05) is 0 Å². The van der Waals surface area contributed by atoms with Crippen molar-refractivity contribution in [2.24, 2.45) is 11.8 Å². The molecule has 0 aliphatic carbocycles. The number of carboxylic acid groups (broad SMARTS) is 2. The van der Waals surface area contributed by atoms with Crippen molar-refractivity contribution in [3.05, 3.63) is 0 Å². The summed E-state index contributed by atoms with van der Waals surface area (Å²) >= 11 is 0. The molecule has 3 unspecified atom stereocenters. The van der Waals surface area contributed by atoms with Gasteiger partial charge >= 0.3 is 17.9 Å². The molecular formula is C12H20O6. The van der Waals surface area contributed by atoms with Gasteiger partial charge in [0.05, 0.1) is 11.8 Å². The van der Waals surface area contributed by atoms with Crippen LogP contribution < -0.4 is 0 Å². The summed E-state index contributed by atoms with van der Waals surface area (Å²) in [4.78, 5) is 32.5. The third-order valence-electron chi connectivity index (χ3n) is 2.74. The summed E-state index contributed by atoms with van der Waals surface area (Å²) in [6, 6.07) is 0. The van der Waals surface area contributed by atoms with Gasteiger partial charge in [-0.1, -0.05) is 20.3 Å². The molecule has 0 aromatic heterocycles.